The molecule has 2 N–H and O–H groups in total. The Balaban J connectivity index is 2.18. The number of nitrogens with zero attached hydrogens (tertiary/aromatic N) is 2. The van der Waals surface area contributed by atoms with Gasteiger partial charge in [-0.15, -0.1) is 0 Å². The molecule has 0 fully saturated rings. The number of hydrogen-bond acceptors (Lipinski definition) is 4. The van der Waals surface area contributed by atoms with E-state index in [1.165, 1.54) is 12.1 Å². The maximum Gasteiger partial charge on any atom is 0.321 e. The van der Waals surface area contributed by atoms with E-state index in [9.17, 15) is 14.9 Å². The van der Waals surface area contributed by atoms with Crippen LogP contribution in [0.2, 0.25) is 0 Å². The number of halogens is 1. The lowest BCUT2D eigenvalue weighted by molar-refractivity contribution is -0.389. The quantitative estimate of drug-likeness (QED) is 0.514. The number of H-pyrrole nitrogens is 1. The van der Waals surface area contributed by atoms with Crippen molar-refractivity contribution < 1.29 is 9.72 Å². The first-order valence-electron chi connectivity index (χ1n) is 5.25. The number of carbonyl (C=O) groups excluding carboxylic acids is 1. The first-order chi connectivity index (χ1) is 8.97. The highest BCUT2D eigenvalue weighted by atomic mass is 79.9. The van der Waals surface area contributed by atoms with Crippen molar-refractivity contribution in [1.82, 2.24) is 9.97 Å². The van der Waals surface area contributed by atoms with Crippen molar-refractivity contribution in [3.63, 3.8) is 0 Å². The first kappa shape index (κ1) is 13.2. The molecular formula is C11H9BrN4O3. The summed E-state index contributed by atoms with van der Waals surface area (Å²) < 4.78 is 0.665. The van der Waals surface area contributed by atoms with Gasteiger partial charge in [0.1, 0.15) is 4.60 Å². The van der Waals surface area contributed by atoms with Crippen molar-refractivity contribution in [2.75, 3.05) is 5.32 Å². The van der Waals surface area contributed by atoms with Gasteiger partial charge in [-0.25, -0.2) is 9.97 Å². The summed E-state index contributed by atoms with van der Waals surface area (Å²) in [7, 11) is 0. The Kier molecular flexibility index (Phi) is 3.61. The third kappa shape index (κ3) is 2.97. The molecule has 0 bridgehead atoms. The second-order valence-electron chi connectivity index (χ2n) is 3.74. The number of pyridine rings is 1. The summed E-state index contributed by atoms with van der Waals surface area (Å²) in [6, 6.07) is 5.98. The van der Waals surface area contributed by atoms with E-state index in [0.717, 1.165) is 0 Å². The van der Waals surface area contributed by atoms with Gasteiger partial charge >= 0.3 is 5.82 Å². The minimum Gasteiger partial charge on any atom is -0.358 e. The maximum absolute atomic E-state index is 11.9. The van der Waals surface area contributed by atoms with Gasteiger partial charge in [-0.2, -0.15) is 0 Å². The fourth-order valence-electron chi connectivity index (χ4n) is 1.47. The number of amides is 1. The third-order valence-corrected chi connectivity index (χ3v) is 2.85. The molecule has 0 spiro atoms. The van der Waals surface area contributed by atoms with Gasteiger partial charge in [-0.05, 0) is 46.0 Å². The molecule has 0 unspecified atom stereocenters. The minimum absolute atomic E-state index is 0.119. The van der Waals surface area contributed by atoms with Crippen molar-refractivity contribution in [3.05, 3.63) is 50.4 Å². The number of aromatic amines is 1. The van der Waals surface area contributed by atoms with Crippen LogP contribution in [-0.4, -0.2) is 20.8 Å². The Hall–Kier alpha value is -2.22. The number of nitrogens with one attached hydrogen (secondary N) is 2. The lowest BCUT2D eigenvalue weighted by Crippen LogP contribution is -2.13. The fraction of sp³-hybridized carbons (Fsp3) is 0.0909. The molecule has 0 aliphatic carbocycles. The number of aromatic nitrogens is 2. The molecule has 0 saturated heterocycles. The van der Waals surface area contributed by atoms with Crippen LogP contribution in [-0.2, 0) is 0 Å². The summed E-state index contributed by atoms with van der Waals surface area (Å²) in [5.41, 5.74) is 1.31. The lowest BCUT2D eigenvalue weighted by Gasteiger charge is -2.05. The Morgan fingerprint density at radius 3 is 2.74 bits per heavy atom. The van der Waals surface area contributed by atoms with Gasteiger partial charge in [-0.3, -0.25) is 4.79 Å². The predicted molar refractivity (Wildman–Crippen MR) is 72.1 cm³/mol. The van der Waals surface area contributed by atoms with E-state index in [1.54, 1.807) is 19.1 Å². The number of rotatable bonds is 3. The Morgan fingerprint density at radius 2 is 2.16 bits per heavy atom. The van der Waals surface area contributed by atoms with Gasteiger partial charge in [0.2, 0.25) is 0 Å². The molecule has 0 atom stereocenters. The lowest BCUT2D eigenvalue weighted by atomic mass is 10.3. The van der Waals surface area contributed by atoms with E-state index in [1.807, 2.05) is 0 Å². The smallest absolute Gasteiger partial charge is 0.321 e. The van der Waals surface area contributed by atoms with Crippen LogP contribution in [0.3, 0.4) is 0 Å². The van der Waals surface area contributed by atoms with Crippen molar-refractivity contribution in [2.24, 2.45) is 0 Å². The van der Waals surface area contributed by atoms with E-state index >= 15 is 0 Å². The summed E-state index contributed by atoms with van der Waals surface area (Å²) in [4.78, 5) is 28.4. The molecule has 0 aliphatic heterocycles. The Bertz CT molecular complexity index is 653. The van der Waals surface area contributed by atoms with Gasteiger partial charge < -0.3 is 15.4 Å². The summed E-state index contributed by atoms with van der Waals surface area (Å²) in [6.07, 6.45) is 0. The molecule has 2 aromatic rings. The van der Waals surface area contributed by atoms with Gasteiger partial charge in [0.15, 0.2) is 5.69 Å². The Labute approximate surface area is 116 Å². The second-order valence-corrected chi connectivity index (χ2v) is 4.55. The van der Waals surface area contributed by atoms with Crippen LogP contribution in [0, 0.1) is 17.0 Å². The van der Waals surface area contributed by atoms with Crippen LogP contribution >= 0.6 is 15.9 Å². The molecular weight excluding hydrogens is 316 g/mol. The highest BCUT2D eigenvalue weighted by Gasteiger charge is 2.16. The summed E-state index contributed by atoms with van der Waals surface area (Å²) in [5, 5.41) is 13.1. The molecule has 98 valence electrons. The predicted octanol–water partition coefficient (Wildman–Crippen LogP) is 2.64. The van der Waals surface area contributed by atoms with E-state index in [4.69, 9.17) is 0 Å². The standard InChI is InChI=1S/C11H9BrN4O3/c1-6-7(2-4-9(12)13-6)15-11(17)8-3-5-10(14-8)16(18)19/h2-5,14H,1H3,(H,15,17). The fourth-order valence-corrected chi connectivity index (χ4v) is 1.87. The first-order valence-corrected chi connectivity index (χ1v) is 6.04. The van der Waals surface area contributed by atoms with Crippen LogP contribution < -0.4 is 5.32 Å². The SMILES string of the molecule is Cc1nc(Br)ccc1NC(=O)c1ccc([N+](=O)[O-])[nH]1. The molecule has 2 heterocycles. The molecule has 2 aromatic heterocycles. The van der Waals surface area contributed by atoms with Crippen molar-refractivity contribution in [3.8, 4) is 0 Å². The number of hydrogen-bond donors (Lipinski definition) is 2. The molecule has 19 heavy (non-hydrogen) atoms. The van der Waals surface area contributed by atoms with Crippen LogP contribution in [0.15, 0.2) is 28.9 Å². The largest absolute Gasteiger partial charge is 0.358 e. The Morgan fingerprint density at radius 1 is 1.42 bits per heavy atom. The molecule has 0 aliphatic rings. The van der Waals surface area contributed by atoms with Gasteiger partial charge in [-0.1, -0.05) is 0 Å². The number of nitro groups is 1. The van der Waals surface area contributed by atoms with E-state index in [0.29, 0.717) is 16.0 Å². The topological polar surface area (TPSA) is 101 Å². The molecule has 0 aromatic carbocycles. The van der Waals surface area contributed by atoms with Crippen LogP contribution in [0.5, 0.6) is 0 Å². The average molecular weight is 325 g/mol. The molecule has 0 radical (unpaired) electrons. The highest BCUT2D eigenvalue weighted by molar-refractivity contribution is 9.10. The third-order valence-electron chi connectivity index (χ3n) is 2.41. The molecule has 7 nitrogen and oxygen atoms in total. The summed E-state index contributed by atoms with van der Waals surface area (Å²) in [6.45, 7) is 1.75. The van der Waals surface area contributed by atoms with Crippen molar-refractivity contribution >= 4 is 33.3 Å². The highest BCUT2D eigenvalue weighted by Crippen LogP contribution is 2.17. The van der Waals surface area contributed by atoms with Gasteiger partial charge in [0.05, 0.1) is 11.4 Å². The van der Waals surface area contributed by atoms with Crippen molar-refractivity contribution in [2.45, 2.75) is 6.92 Å². The number of aryl methyl sites for hydroxylation is 1. The minimum atomic E-state index is -0.594. The molecule has 0 saturated carbocycles. The van der Waals surface area contributed by atoms with Crippen LogP contribution in [0.25, 0.3) is 0 Å². The summed E-state index contributed by atoms with van der Waals surface area (Å²) >= 11 is 3.22. The molecule has 8 heteroatoms. The van der Waals surface area contributed by atoms with Crippen LogP contribution in [0.1, 0.15) is 16.2 Å². The summed E-state index contributed by atoms with van der Waals surface area (Å²) in [5.74, 6) is -0.684. The van der Waals surface area contributed by atoms with E-state index in [2.05, 4.69) is 31.2 Å². The monoisotopic (exact) mass is 324 g/mol. The van der Waals surface area contributed by atoms with E-state index in [-0.39, 0.29) is 11.5 Å². The number of anilines is 1. The van der Waals surface area contributed by atoms with Crippen molar-refractivity contribution in [1.29, 1.82) is 0 Å². The molecule has 1 amide bonds. The normalized spacial score (nSPS) is 10.2. The molecule has 2 rings (SSSR count). The van der Waals surface area contributed by atoms with Crippen LogP contribution in [0.4, 0.5) is 11.5 Å². The van der Waals surface area contributed by atoms with Gasteiger partial charge in [0.25, 0.3) is 5.91 Å². The maximum atomic E-state index is 11.9. The average Bonchev–Trinajstić information content (AvgIpc) is 2.82. The van der Waals surface area contributed by atoms with Gasteiger partial charge in [0, 0.05) is 6.07 Å². The second kappa shape index (κ2) is 5.19. The van der Waals surface area contributed by atoms with E-state index < -0.39 is 10.8 Å². The zero-order valence-corrected chi connectivity index (χ0v) is 11.4. The zero-order valence-electron chi connectivity index (χ0n) is 9.81. The zero-order chi connectivity index (χ0) is 14.0. The number of carbonyl (C=O) groups is 1.